The van der Waals surface area contributed by atoms with Crippen LogP contribution in [0.4, 0.5) is 0 Å². The van der Waals surface area contributed by atoms with Gasteiger partial charge in [-0.05, 0) is 22.9 Å². The van der Waals surface area contributed by atoms with Crippen LogP contribution < -0.4 is 0 Å². The molecule has 0 amide bonds. The van der Waals surface area contributed by atoms with Gasteiger partial charge in [0.25, 0.3) is 10.0 Å². The molecule has 0 aromatic carbocycles. The summed E-state index contributed by atoms with van der Waals surface area (Å²) in [4.78, 5) is 1.02. The third kappa shape index (κ3) is 3.64. The molecule has 19 heavy (non-hydrogen) atoms. The van der Waals surface area contributed by atoms with Crippen LogP contribution in [0.5, 0.6) is 0 Å². The first-order valence-electron chi connectivity index (χ1n) is 5.69. The SMILES string of the molecule is COCCN(Cc1cccs1)S(=O)(=O)c1cccs1. The molecule has 2 aromatic heterocycles. The minimum atomic E-state index is -3.43. The average Bonchev–Trinajstić information content (AvgIpc) is 3.06. The van der Waals surface area contributed by atoms with Crippen LogP contribution in [0.1, 0.15) is 4.88 Å². The van der Waals surface area contributed by atoms with Gasteiger partial charge in [-0.25, -0.2) is 8.42 Å². The fraction of sp³-hybridized carbons (Fsp3) is 0.333. The lowest BCUT2D eigenvalue weighted by atomic mass is 10.4. The molecule has 0 saturated heterocycles. The van der Waals surface area contributed by atoms with E-state index in [9.17, 15) is 8.42 Å². The molecule has 4 nitrogen and oxygen atoms in total. The largest absolute Gasteiger partial charge is 0.383 e. The second kappa shape index (κ2) is 6.62. The van der Waals surface area contributed by atoms with E-state index in [0.717, 1.165) is 4.88 Å². The third-order valence-corrected chi connectivity index (χ3v) is 6.63. The molecule has 2 heterocycles. The van der Waals surface area contributed by atoms with E-state index >= 15 is 0 Å². The lowest BCUT2D eigenvalue weighted by molar-refractivity contribution is 0.178. The van der Waals surface area contributed by atoms with Crippen LogP contribution in [0.2, 0.25) is 0 Å². The summed E-state index contributed by atoms with van der Waals surface area (Å²) in [7, 11) is -1.86. The summed E-state index contributed by atoms with van der Waals surface area (Å²) in [5.74, 6) is 0. The number of hydrogen-bond acceptors (Lipinski definition) is 5. The van der Waals surface area contributed by atoms with Crippen LogP contribution in [0.3, 0.4) is 0 Å². The summed E-state index contributed by atoms with van der Waals surface area (Å²) in [6.07, 6.45) is 0. The first-order valence-corrected chi connectivity index (χ1v) is 8.89. The second-order valence-corrected chi connectivity index (χ2v) is 7.99. The summed E-state index contributed by atoms with van der Waals surface area (Å²) < 4.78 is 31.9. The van der Waals surface area contributed by atoms with Crippen molar-refractivity contribution < 1.29 is 13.2 Å². The average molecular weight is 317 g/mol. The number of hydrogen-bond donors (Lipinski definition) is 0. The van der Waals surface area contributed by atoms with Crippen molar-refractivity contribution in [2.45, 2.75) is 10.8 Å². The van der Waals surface area contributed by atoms with Crippen molar-refractivity contribution in [2.24, 2.45) is 0 Å². The Morgan fingerprint density at radius 3 is 2.53 bits per heavy atom. The Balaban J connectivity index is 2.22. The minimum absolute atomic E-state index is 0.356. The minimum Gasteiger partial charge on any atom is -0.383 e. The van der Waals surface area contributed by atoms with Gasteiger partial charge in [0, 0.05) is 25.1 Å². The number of methoxy groups -OCH3 is 1. The molecule has 0 spiro atoms. The van der Waals surface area contributed by atoms with Gasteiger partial charge in [-0.2, -0.15) is 4.31 Å². The summed E-state index contributed by atoms with van der Waals surface area (Å²) in [6, 6.07) is 7.24. The van der Waals surface area contributed by atoms with Crippen molar-refractivity contribution >= 4 is 32.7 Å². The Morgan fingerprint density at radius 1 is 1.21 bits per heavy atom. The van der Waals surface area contributed by atoms with E-state index in [1.807, 2.05) is 17.5 Å². The Labute approximate surface area is 121 Å². The highest BCUT2D eigenvalue weighted by atomic mass is 32.2. The molecular weight excluding hydrogens is 302 g/mol. The zero-order valence-electron chi connectivity index (χ0n) is 10.5. The molecule has 0 aliphatic heterocycles. The number of rotatable bonds is 7. The Hall–Kier alpha value is -0.730. The number of thiophene rings is 2. The molecule has 0 N–H and O–H groups in total. The second-order valence-electron chi connectivity index (χ2n) is 3.84. The molecule has 2 aromatic rings. The van der Waals surface area contributed by atoms with Crippen LogP contribution in [-0.4, -0.2) is 33.0 Å². The highest BCUT2D eigenvalue weighted by molar-refractivity contribution is 7.91. The smallest absolute Gasteiger partial charge is 0.252 e. The first kappa shape index (κ1) is 14.7. The van der Waals surface area contributed by atoms with Gasteiger partial charge >= 0.3 is 0 Å². The number of sulfonamides is 1. The molecule has 0 aliphatic rings. The normalized spacial score (nSPS) is 12.1. The van der Waals surface area contributed by atoms with Gasteiger partial charge < -0.3 is 4.74 Å². The van der Waals surface area contributed by atoms with E-state index in [2.05, 4.69) is 0 Å². The summed E-state index contributed by atoms with van der Waals surface area (Å²) in [6.45, 7) is 1.13. The van der Waals surface area contributed by atoms with Crippen molar-refractivity contribution in [2.75, 3.05) is 20.3 Å². The predicted molar refractivity (Wildman–Crippen MR) is 78.1 cm³/mol. The molecule has 104 valence electrons. The van der Waals surface area contributed by atoms with Gasteiger partial charge in [0.05, 0.1) is 6.61 Å². The zero-order chi connectivity index (χ0) is 13.7. The Morgan fingerprint density at radius 2 is 1.95 bits per heavy atom. The maximum Gasteiger partial charge on any atom is 0.252 e. The predicted octanol–water partition coefficient (Wildman–Crippen LogP) is 2.65. The van der Waals surface area contributed by atoms with Crippen LogP contribution in [0, 0.1) is 0 Å². The van der Waals surface area contributed by atoms with E-state index < -0.39 is 10.0 Å². The summed E-state index contributed by atoms with van der Waals surface area (Å²) >= 11 is 2.79. The van der Waals surface area contributed by atoms with E-state index in [0.29, 0.717) is 23.9 Å². The molecule has 2 rings (SSSR count). The van der Waals surface area contributed by atoms with Gasteiger partial charge in [-0.3, -0.25) is 0 Å². The summed E-state index contributed by atoms with van der Waals surface area (Å²) in [5.41, 5.74) is 0. The van der Waals surface area contributed by atoms with E-state index in [1.54, 1.807) is 36.0 Å². The van der Waals surface area contributed by atoms with Crippen LogP contribution in [-0.2, 0) is 21.3 Å². The van der Waals surface area contributed by atoms with E-state index in [-0.39, 0.29) is 0 Å². The standard InChI is InChI=1S/C12H15NO3S3/c1-16-7-6-13(10-11-4-2-8-17-11)19(14,15)12-5-3-9-18-12/h2-5,8-9H,6-7,10H2,1H3. The van der Waals surface area contributed by atoms with Crippen LogP contribution in [0.25, 0.3) is 0 Å². The molecule has 0 aliphatic carbocycles. The number of nitrogens with zero attached hydrogens (tertiary/aromatic N) is 1. The van der Waals surface area contributed by atoms with Crippen molar-refractivity contribution in [3.63, 3.8) is 0 Å². The highest BCUT2D eigenvalue weighted by Gasteiger charge is 2.25. The molecule has 0 radical (unpaired) electrons. The van der Waals surface area contributed by atoms with Crippen molar-refractivity contribution in [1.82, 2.24) is 4.31 Å². The molecule has 0 saturated carbocycles. The Bertz CT molecular complexity index is 576. The molecule has 0 bridgehead atoms. The third-order valence-electron chi connectivity index (χ3n) is 2.55. The molecule has 0 fully saturated rings. The van der Waals surface area contributed by atoms with Crippen molar-refractivity contribution in [1.29, 1.82) is 0 Å². The lowest BCUT2D eigenvalue weighted by Gasteiger charge is -2.20. The zero-order valence-corrected chi connectivity index (χ0v) is 12.9. The van der Waals surface area contributed by atoms with Gasteiger partial charge in [0.2, 0.25) is 0 Å². The highest BCUT2D eigenvalue weighted by Crippen LogP contribution is 2.23. The van der Waals surface area contributed by atoms with Gasteiger partial charge in [0.15, 0.2) is 0 Å². The van der Waals surface area contributed by atoms with Crippen molar-refractivity contribution in [3.8, 4) is 0 Å². The van der Waals surface area contributed by atoms with Gasteiger partial charge in [-0.15, -0.1) is 22.7 Å². The van der Waals surface area contributed by atoms with Crippen LogP contribution >= 0.6 is 22.7 Å². The van der Waals surface area contributed by atoms with Crippen LogP contribution in [0.15, 0.2) is 39.2 Å². The maximum atomic E-state index is 12.5. The monoisotopic (exact) mass is 317 g/mol. The molecule has 0 unspecified atom stereocenters. The summed E-state index contributed by atoms with van der Waals surface area (Å²) in [5, 5.41) is 3.72. The lowest BCUT2D eigenvalue weighted by Crippen LogP contribution is -2.32. The van der Waals surface area contributed by atoms with E-state index in [1.165, 1.54) is 15.6 Å². The fourth-order valence-electron chi connectivity index (χ4n) is 1.59. The molecular formula is C12H15NO3S3. The van der Waals surface area contributed by atoms with Crippen molar-refractivity contribution in [3.05, 3.63) is 39.9 Å². The fourth-order valence-corrected chi connectivity index (χ4v) is 4.94. The van der Waals surface area contributed by atoms with E-state index in [4.69, 9.17) is 4.74 Å². The first-order chi connectivity index (χ1) is 9.14. The van der Waals surface area contributed by atoms with Gasteiger partial charge in [0.1, 0.15) is 4.21 Å². The maximum absolute atomic E-state index is 12.5. The van der Waals surface area contributed by atoms with Gasteiger partial charge in [-0.1, -0.05) is 12.1 Å². The number of ether oxygens (including phenoxy) is 1. The topological polar surface area (TPSA) is 46.6 Å². The molecule has 7 heteroatoms. The quantitative estimate of drug-likeness (QED) is 0.789. The molecule has 0 atom stereocenters. The Kier molecular flexibility index (Phi) is 5.12.